The lowest BCUT2D eigenvalue weighted by atomic mass is 9.46. The van der Waals surface area contributed by atoms with Crippen LogP contribution in [0.2, 0.25) is 0 Å². The molecule has 1 aromatic rings. The third-order valence-corrected chi connectivity index (χ3v) is 5.35. The minimum Gasteiger partial charge on any atom is -0.453 e. The minimum absolute atomic E-state index is 0.238. The lowest BCUT2D eigenvalue weighted by molar-refractivity contribution is -0.248. The highest BCUT2D eigenvalue weighted by atomic mass is 16.6. The molecule has 0 spiro atoms. The van der Waals surface area contributed by atoms with E-state index in [1.807, 2.05) is 18.2 Å². The molecule has 21 heavy (non-hydrogen) atoms. The van der Waals surface area contributed by atoms with Crippen molar-refractivity contribution in [3.8, 4) is 5.75 Å². The van der Waals surface area contributed by atoms with E-state index in [0.717, 1.165) is 31.2 Å². The second-order valence-electron chi connectivity index (χ2n) is 6.34. The predicted molar refractivity (Wildman–Crippen MR) is 74.5 cm³/mol. The quantitative estimate of drug-likeness (QED) is 0.588. The number of fused-ring (bicyclic) bond motifs is 6. The molecule has 0 aromatic heterocycles. The van der Waals surface area contributed by atoms with Crippen molar-refractivity contribution < 1.29 is 19.1 Å². The fraction of sp³-hybridized carbons (Fsp3) is 0.529. The van der Waals surface area contributed by atoms with Gasteiger partial charge in [0.05, 0.1) is 0 Å². The molecule has 1 aliphatic heterocycles. The summed E-state index contributed by atoms with van der Waals surface area (Å²) in [6, 6.07) is 7.47. The van der Waals surface area contributed by atoms with Crippen LogP contribution in [-0.4, -0.2) is 11.9 Å². The average molecular weight is 286 g/mol. The molecule has 4 nitrogen and oxygen atoms in total. The molecule has 4 atom stereocenters. The third-order valence-electron chi connectivity index (χ3n) is 5.35. The third kappa shape index (κ3) is 1.56. The normalized spacial score (nSPS) is 36.4. The lowest BCUT2D eigenvalue weighted by Crippen LogP contribution is -2.67. The van der Waals surface area contributed by atoms with Crippen LogP contribution in [0.3, 0.4) is 0 Å². The molecular formula is C17H18O4. The predicted octanol–water partition coefficient (Wildman–Crippen LogP) is 2.80. The Bertz CT molecular complexity index is 623. The van der Waals surface area contributed by atoms with Gasteiger partial charge in [-0.2, -0.15) is 0 Å². The van der Waals surface area contributed by atoms with Gasteiger partial charge < -0.3 is 9.47 Å². The standard InChI is InChI=1S/C17H18O4/c1-10(18)21-17-12-7-3-2-6-11(12)15(17)16(19)20-14-9-5-4-8-13(14)17/h4-5,8-9,11-12,15H,2-3,6-7H2,1H3/t11-,12-,15-,17+/m0/s1. The monoisotopic (exact) mass is 286 g/mol. The maximum absolute atomic E-state index is 12.4. The summed E-state index contributed by atoms with van der Waals surface area (Å²) in [4.78, 5) is 24.2. The van der Waals surface area contributed by atoms with E-state index in [0.29, 0.717) is 11.7 Å². The number of ether oxygens (including phenoxy) is 2. The maximum Gasteiger partial charge on any atom is 0.319 e. The summed E-state index contributed by atoms with van der Waals surface area (Å²) in [6.07, 6.45) is 4.31. The van der Waals surface area contributed by atoms with Crippen LogP contribution in [0.5, 0.6) is 5.75 Å². The van der Waals surface area contributed by atoms with Crippen molar-refractivity contribution in [3.63, 3.8) is 0 Å². The number of carbonyl (C=O) groups is 2. The molecule has 0 saturated heterocycles. The van der Waals surface area contributed by atoms with Crippen LogP contribution in [0.25, 0.3) is 0 Å². The van der Waals surface area contributed by atoms with Gasteiger partial charge >= 0.3 is 11.9 Å². The van der Waals surface area contributed by atoms with E-state index in [-0.39, 0.29) is 23.8 Å². The van der Waals surface area contributed by atoms with Crippen LogP contribution in [-0.2, 0) is 19.9 Å². The van der Waals surface area contributed by atoms with Gasteiger partial charge in [-0.1, -0.05) is 31.0 Å². The summed E-state index contributed by atoms with van der Waals surface area (Å²) in [6.45, 7) is 1.42. The highest BCUT2D eigenvalue weighted by molar-refractivity contribution is 5.83. The van der Waals surface area contributed by atoms with Gasteiger partial charge in [-0.05, 0) is 24.8 Å². The topological polar surface area (TPSA) is 52.6 Å². The molecule has 4 heteroatoms. The first-order chi connectivity index (χ1) is 10.1. The Morgan fingerprint density at radius 2 is 2.05 bits per heavy atom. The fourth-order valence-corrected chi connectivity index (χ4v) is 4.72. The van der Waals surface area contributed by atoms with Crippen LogP contribution < -0.4 is 4.74 Å². The van der Waals surface area contributed by atoms with Gasteiger partial charge in [-0.15, -0.1) is 0 Å². The van der Waals surface area contributed by atoms with E-state index in [2.05, 4.69) is 0 Å². The smallest absolute Gasteiger partial charge is 0.319 e. The van der Waals surface area contributed by atoms with Gasteiger partial charge in [0.25, 0.3) is 0 Å². The van der Waals surface area contributed by atoms with Gasteiger partial charge in [0.1, 0.15) is 11.7 Å². The Labute approximate surface area is 123 Å². The lowest BCUT2D eigenvalue weighted by Gasteiger charge is -2.62. The Morgan fingerprint density at radius 3 is 2.86 bits per heavy atom. The molecule has 1 aromatic carbocycles. The molecule has 1 heterocycles. The molecule has 2 fully saturated rings. The number of hydrogen-bond donors (Lipinski definition) is 0. The second-order valence-corrected chi connectivity index (χ2v) is 6.34. The summed E-state index contributed by atoms with van der Waals surface area (Å²) in [5.74, 6) is 0.186. The van der Waals surface area contributed by atoms with Crippen LogP contribution in [0.4, 0.5) is 0 Å². The number of rotatable bonds is 1. The Hall–Kier alpha value is -1.84. The van der Waals surface area contributed by atoms with Crippen molar-refractivity contribution in [2.24, 2.45) is 17.8 Å². The van der Waals surface area contributed by atoms with E-state index >= 15 is 0 Å². The van der Waals surface area contributed by atoms with Crippen molar-refractivity contribution >= 4 is 11.9 Å². The molecule has 0 N–H and O–H groups in total. The Kier molecular flexibility index (Phi) is 2.65. The number of esters is 2. The average Bonchev–Trinajstić information content (AvgIpc) is 2.45. The van der Waals surface area contributed by atoms with Crippen molar-refractivity contribution in [2.45, 2.75) is 38.2 Å². The van der Waals surface area contributed by atoms with Crippen LogP contribution >= 0.6 is 0 Å². The number of carbonyl (C=O) groups excluding carboxylic acids is 2. The molecule has 0 radical (unpaired) electrons. The van der Waals surface area contributed by atoms with Gasteiger partial charge in [0, 0.05) is 18.4 Å². The van der Waals surface area contributed by atoms with Crippen LogP contribution in [0.15, 0.2) is 24.3 Å². The summed E-state index contributed by atoms with van der Waals surface area (Å²) in [5.41, 5.74) is 0.0796. The minimum atomic E-state index is -0.789. The SMILES string of the molecule is CC(=O)O[C@]12c3ccccc3OC(=O)[C@@H]1[C@H]1CCCC[C@@H]12. The highest BCUT2D eigenvalue weighted by Gasteiger charge is 2.71. The largest absolute Gasteiger partial charge is 0.453 e. The zero-order chi connectivity index (χ0) is 14.6. The van der Waals surface area contributed by atoms with Crippen molar-refractivity contribution in [3.05, 3.63) is 29.8 Å². The van der Waals surface area contributed by atoms with Crippen molar-refractivity contribution in [2.75, 3.05) is 0 Å². The first-order valence-electron chi connectivity index (χ1n) is 7.65. The van der Waals surface area contributed by atoms with Gasteiger partial charge in [-0.3, -0.25) is 9.59 Å². The van der Waals surface area contributed by atoms with Gasteiger partial charge in [-0.25, -0.2) is 0 Å². The van der Waals surface area contributed by atoms with Gasteiger partial charge in [0.15, 0.2) is 5.60 Å². The molecular weight excluding hydrogens is 268 g/mol. The number of hydrogen-bond acceptors (Lipinski definition) is 4. The fourth-order valence-electron chi connectivity index (χ4n) is 4.72. The Balaban J connectivity index is 1.88. The van der Waals surface area contributed by atoms with Crippen LogP contribution in [0.1, 0.15) is 38.2 Å². The van der Waals surface area contributed by atoms with E-state index in [4.69, 9.17) is 9.47 Å². The molecule has 2 saturated carbocycles. The highest BCUT2D eigenvalue weighted by Crippen LogP contribution is 2.66. The van der Waals surface area contributed by atoms with E-state index in [1.54, 1.807) is 6.07 Å². The number of para-hydroxylation sites is 1. The number of benzene rings is 1. The second kappa shape index (κ2) is 4.33. The van der Waals surface area contributed by atoms with Crippen molar-refractivity contribution in [1.29, 1.82) is 0 Å². The summed E-state index contributed by atoms with van der Waals surface area (Å²) in [7, 11) is 0. The van der Waals surface area contributed by atoms with Crippen LogP contribution in [0, 0.1) is 17.8 Å². The molecule has 110 valence electrons. The molecule has 3 aliphatic rings. The first-order valence-corrected chi connectivity index (χ1v) is 7.65. The molecule has 2 aliphatic carbocycles. The Morgan fingerprint density at radius 1 is 1.29 bits per heavy atom. The zero-order valence-electron chi connectivity index (χ0n) is 12.0. The van der Waals surface area contributed by atoms with E-state index in [1.165, 1.54) is 6.92 Å². The van der Waals surface area contributed by atoms with Crippen molar-refractivity contribution in [1.82, 2.24) is 0 Å². The summed E-state index contributed by atoms with van der Waals surface area (Å²) in [5, 5.41) is 0. The molecule has 0 unspecified atom stereocenters. The first kappa shape index (κ1) is 12.9. The molecule has 0 bridgehead atoms. The van der Waals surface area contributed by atoms with E-state index in [9.17, 15) is 9.59 Å². The summed E-state index contributed by atoms with van der Waals surface area (Å²) < 4.78 is 11.3. The zero-order valence-corrected chi connectivity index (χ0v) is 12.0. The van der Waals surface area contributed by atoms with Gasteiger partial charge in [0.2, 0.25) is 0 Å². The molecule has 4 rings (SSSR count). The summed E-state index contributed by atoms with van der Waals surface area (Å²) >= 11 is 0. The maximum atomic E-state index is 12.4. The molecule has 0 amide bonds. The van der Waals surface area contributed by atoms with E-state index < -0.39 is 5.60 Å².